The maximum atomic E-state index is 3.78. The van der Waals surface area contributed by atoms with Crippen LogP contribution in [0.1, 0.15) is 58.8 Å². The van der Waals surface area contributed by atoms with Gasteiger partial charge in [0.1, 0.15) is 0 Å². The Hall–Kier alpha value is 0.310. The molecule has 1 atom stereocenters. The summed E-state index contributed by atoms with van der Waals surface area (Å²) >= 11 is 2.11. The van der Waals surface area contributed by atoms with Crippen molar-refractivity contribution in [2.45, 2.75) is 70.9 Å². The average molecular weight is 229 g/mol. The minimum Gasteiger partial charge on any atom is -0.311 e. The summed E-state index contributed by atoms with van der Waals surface area (Å²) in [4.78, 5) is 0. The van der Waals surface area contributed by atoms with E-state index in [0.29, 0.717) is 0 Å². The van der Waals surface area contributed by atoms with Crippen LogP contribution in [0.5, 0.6) is 0 Å². The van der Waals surface area contributed by atoms with E-state index in [-0.39, 0.29) is 0 Å². The summed E-state index contributed by atoms with van der Waals surface area (Å²) in [5.41, 5.74) is 0. The van der Waals surface area contributed by atoms with Crippen molar-refractivity contribution < 1.29 is 0 Å². The van der Waals surface area contributed by atoms with E-state index >= 15 is 0 Å². The smallest absolute Gasteiger partial charge is 0.00852 e. The van der Waals surface area contributed by atoms with E-state index in [1.807, 2.05) is 0 Å². The molecule has 0 aromatic rings. The number of nitrogens with one attached hydrogen (secondary N) is 1. The lowest BCUT2D eigenvalue weighted by Crippen LogP contribution is -2.38. The Kier molecular flexibility index (Phi) is 7.54. The van der Waals surface area contributed by atoms with Gasteiger partial charge >= 0.3 is 0 Å². The lowest BCUT2D eigenvalue weighted by atomic mass is 10.1. The third kappa shape index (κ3) is 6.47. The van der Waals surface area contributed by atoms with Crippen molar-refractivity contribution in [3.63, 3.8) is 0 Å². The molecule has 1 unspecified atom stereocenters. The van der Waals surface area contributed by atoms with Crippen LogP contribution in [0.15, 0.2) is 0 Å². The van der Waals surface area contributed by atoms with E-state index in [1.165, 1.54) is 56.5 Å². The van der Waals surface area contributed by atoms with Crippen LogP contribution < -0.4 is 5.32 Å². The van der Waals surface area contributed by atoms with Crippen LogP contribution in [0.3, 0.4) is 0 Å². The molecule has 1 fully saturated rings. The number of thioether (sulfide) groups is 1. The zero-order chi connectivity index (χ0) is 10.9. The molecular formula is C13H27NS. The molecule has 0 aliphatic carbocycles. The predicted octanol–water partition coefficient (Wildman–Crippen LogP) is 3.83. The fourth-order valence-corrected chi connectivity index (χ4v) is 3.33. The zero-order valence-corrected chi connectivity index (χ0v) is 11.2. The highest BCUT2D eigenvalue weighted by molar-refractivity contribution is 7.99. The van der Waals surface area contributed by atoms with Crippen LogP contribution >= 0.6 is 11.8 Å². The van der Waals surface area contributed by atoms with Crippen LogP contribution in [-0.2, 0) is 0 Å². The van der Waals surface area contributed by atoms with E-state index in [9.17, 15) is 0 Å². The minimum absolute atomic E-state index is 0.731. The van der Waals surface area contributed by atoms with Gasteiger partial charge in [-0.05, 0) is 37.7 Å². The second-order valence-electron chi connectivity index (χ2n) is 4.80. The molecule has 15 heavy (non-hydrogen) atoms. The van der Waals surface area contributed by atoms with Gasteiger partial charge in [0, 0.05) is 12.1 Å². The van der Waals surface area contributed by atoms with Crippen LogP contribution in [-0.4, -0.2) is 23.6 Å². The molecule has 0 spiro atoms. The molecule has 0 aromatic carbocycles. The maximum Gasteiger partial charge on any atom is 0.00852 e. The fraction of sp³-hybridized carbons (Fsp3) is 1.00. The second kappa shape index (κ2) is 8.46. The van der Waals surface area contributed by atoms with Crippen LogP contribution in [0.4, 0.5) is 0 Å². The van der Waals surface area contributed by atoms with Gasteiger partial charge in [-0.15, -0.1) is 0 Å². The quantitative estimate of drug-likeness (QED) is 0.666. The van der Waals surface area contributed by atoms with Crippen molar-refractivity contribution >= 4 is 11.8 Å². The van der Waals surface area contributed by atoms with E-state index in [4.69, 9.17) is 0 Å². The van der Waals surface area contributed by atoms with Crippen molar-refractivity contribution in [2.75, 3.05) is 11.5 Å². The molecule has 1 rings (SSSR count). The van der Waals surface area contributed by atoms with E-state index in [2.05, 4.69) is 30.9 Å². The topological polar surface area (TPSA) is 12.0 Å². The summed E-state index contributed by atoms with van der Waals surface area (Å²) in [6.45, 7) is 4.63. The lowest BCUT2D eigenvalue weighted by molar-refractivity contribution is 0.397. The second-order valence-corrected chi connectivity index (χ2v) is 6.03. The Morgan fingerprint density at radius 3 is 2.60 bits per heavy atom. The van der Waals surface area contributed by atoms with E-state index in [1.54, 1.807) is 0 Å². The molecule has 0 bridgehead atoms. The molecule has 1 N–H and O–H groups in total. The van der Waals surface area contributed by atoms with Gasteiger partial charge in [0.2, 0.25) is 0 Å². The Balaban J connectivity index is 1.98. The fourth-order valence-electron chi connectivity index (χ4n) is 2.23. The molecule has 0 aromatic heterocycles. The third-order valence-corrected chi connectivity index (χ3v) is 4.28. The van der Waals surface area contributed by atoms with Gasteiger partial charge in [0.05, 0.1) is 0 Å². The highest BCUT2D eigenvalue weighted by Gasteiger charge is 2.15. The summed E-state index contributed by atoms with van der Waals surface area (Å²) < 4.78 is 0. The largest absolute Gasteiger partial charge is 0.311 e. The number of rotatable bonds is 7. The number of unbranched alkanes of at least 4 members (excludes halogenated alkanes) is 3. The Labute approximate surface area is 99.8 Å². The van der Waals surface area contributed by atoms with Gasteiger partial charge in [-0.2, -0.15) is 11.8 Å². The summed E-state index contributed by atoms with van der Waals surface area (Å²) in [5, 5.41) is 3.78. The van der Waals surface area contributed by atoms with Crippen molar-refractivity contribution in [3.8, 4) is 0 Å². The third-order valence-electron chi connectivity index (χ3n) is 3.23. The van der Waals surface area contributed by atoms with Gasteiger partial charge in [0.25, 0.3) is 0 Å². The summed E-state index contributed by atoms with van der Waals surface area (Å²) in [6, 6.07) is 1.54. The molecule has 1 heterocycles. The molecule has 0 amide bonds. The Bertz CT molecular complexity index is 143. The van der Waals surface area contributed by atoms with Gasteiger partial charge in [-0.25, -0.2) is 0 Å². The highest BCUT2D eigenvalue weighted by Crippen LogP contribution is 2.18. The van der Waals surface area contributed by atoms with E-state index in [0.717, 1.165) is 12.1 Å². The molecular weight excluding hydrogens is 202 g/mol. The average Bonchev–Trinajstić information content (AvgIpc) is 2.26. The van der Waals surface area contributed by atoms with Crippen LogP contribution in [0.2, 0.25) is 0 Å². The normalized spacial score (nSPS) is 20.4. The number of hydrogen-bond acceptors (Lipinski definition) is 2. The molecule has 0 saturated carbocycles. The first kappa shape index (κ1) is 13.4. The van der Waals surface area contributed by atoms with Gasteiger partial charge in [-0.3, -0.25) is 0 Å². The van der Waals surface area contributed by atoms with Gasteiger partial charge in [0.15, 0.2) is 0 Å². The Morgan fingerprint density at radius 1 is 1.20 bits per heavy atom. The minimum atomic E-state index is 0.731. The van der Waals surface area contributed by atoms with Crippen molar-refractivity contribution in [3.05, 3.63) is 0 Å². The first-order chi connectivity index (χ1) is 7.33. The predicted molar refractivity (Wildman–Crippen MR) is 71.7 cm³/mol. The highest BCUT2D eigenvalue weighted by atomic mass is 32.2. The first-order valence-electron chi connectivity index (χ1n) is 6.66. The van der Waals surface area contributed by atoms with Crippen molar-refractivity contribution in [1.29, 1.82) is 0 Å². The lowest BCUT2D eigenvalue weighted by Gasteiger charge is -2.26. The summed E-state index contributed by atoms with van der Waals surface area (Å²) in [6.07, 6.45) is 9.71. The van der Waals surface area contributed by atoms with E-state index < -0.39 is 0 Å². The molecule has 1 saturated heterocycles. The SMILES string of the molecule is CCCCCCC(C)NC1CCSCC1. The molecule has 90 valence electrons. The first-order valence-corrected chi connectivity index (χ1v) is 7.82. The summed E-state index contributed by atoms with van der Waals surface area (Å²) in [7, 11) is 0. The van der Waals surface area contributed by atoms with Gasteiger partial charge in [-0.1, -0.05) is 32.6 Å². The Morgan fingerprint density at radius 2 is 1.93 bits per heavy atom. The zero-order valence-electron chi connectivity index (χ0n) is 10.4. The number of hydrogen-bond donors (Lipinski definition) is 1. The molecule has 0 radical (unpaired) electrons. The van der Waals surface area contributed by atoms with Crippen molar-refractivity contribution in [2.24, 2.45) is 0 Å². The maximum absolute atomic E-state index is 3.78. The molecule has 1 aliphatic rings. The molecule has 2 heteroatoms. The standard InChI is InChI=1S/C13H27NS/c1-3-4-5-6-7-12(2)14-13-8-10-15-11-9-13/h12-14H,3-11H2,1-2H3. The van der Waals surface area contributed by atoms with Crippen LogP contribution in [0.25, 0.3) is 0 Å². The molecule has 1 nitrogen and oxygen atoms in total. The van der Waals surface area contributed by atoms with Crippen molar-refractivity contribution in [1.82, 2.24) is 5.32 Å². The summed E-state index contributed by atoms with van der Waals surface area (Å²) in [5.74, 6) is 2.72. The molecule has 1 aliphatic heterocycles. The van der Waals surface area contributed by atoms with Crippen LogP contribution in [0, 0.1) is 0 Å². The monoisotopic (exact) mass is 229 g/mol. The van der Waals surface area contributed by atoms with Gasteiger partial charge < -0.3 is 5.32 Å².